The molecule has 0 radical (unpaired) electrons. The van der Waals surface area contributed by atoms with Gasteiger partial charge in [0.1, 0.15) is 0 Å². The normalized spacial score (nSPS) is 12.0. The van der Waals surface area contributed by atoms with Gasteiger partial charge in [0.2, 0.25) is 0 Å². The summed E-state index contributed by atoms with van der Waals surface area (Å²) in [6, 6.07) is 91.6. The van der Waals surface area contributed by atoms with Gasteiger partial charge in [-0.25, -0.2) is 0 Å². The number of rotatable bonds is 5. The third-order valence-corrected chi connectivity index (χ3v) is 15.3. The van der Waals surface area contributed by atoms with Gasteiger partial charge in [0.25, 0.3) is 0 Å². The number of para-hydroxylation sites is 7. The smallest absolute Gasteiger partial charge is 0.0542 e. The summed E-state index contributed by atoms with van der Waals surface area (Å²) in [7, 11) is 0. The second-order valence-electron chi connectivity index (χ2n) is 18.9. The van der Waals surface area contributed by atoms with Gasteiger partial charge >= 0.3 is 0 Å². The molecule has 0 spiro atoms. The predicted octanol–water partition coefficient (Wildman–Crippen LogP) is 18.2. The highest BCUT2D eigenvalue weighted by atomic mass is 15.0. The maximum Gasteiger partial charge on any atom is 0.0542 e. The van der Waals surface area contributed by atoms with Gasteiger partial charge in [-0.15, -0.1) is 0 Å². The molecule has 0 saturated carbocycles. The van der Waals surface area contributed by atoms with Crippen LogP contribution in [-0.4, -0.2) is 22.8 Å². The molecule has 0 atom stereocenters. The van der Waals surface area contributed by atoms with Crippen molar-refractivity contribution in [3.63, 3.8) is 0 Å². The van der Waals surface area contributed by atoms with Crippen LogP contribution in [-0.2, 0) is 0 Å². The highest BCUT2D eigenvalue weighted by molar-refractivity contribution is 6.16. The molecular formula is C68H47N5. The molecule has 5 heterocycles. The molecule has 5 heteroatoms. The topological polar surface area (TPSA) is 24.6 Å². The van der Waals surface area contributed by atoms with Crippen molar-refractivity contribution in [2.75, 3.05) is 0 Å². The summed E-state index contributed by atoms with van der Waals surface area (Å²) in [4.78, 5) is 0. The molecule has 344 valence electrons. The van der Waals surface area contributed by atoms with Crippen LogP contribution in [0, 0.1) is 0 Å². The Morgan fingerprint density at radius 2 is 0.356 bits per heavy atom. The minimum atomic E-state index is 1.13. The van der Waals surface area contributed by atoms with Crippen LogP contribution < -0.4 is 0 Å². The monoisotopic (exact) mass is 933 g/mol. The standard InChI is InChI=1S/C66H41N5.C2H6/c1-2-16-42(17-3-1)67-65-36-32-45(70-61-28-14-8-22-51(61)53-38-43(30-34-63(53)70)68-57-24-10-4-18-47(57)48-19-5-11-25-58(48)68)40-55(65)56-41-46(33-37-66(56)67)71-62-29-15-9-23-52(62)54-39-44(31-35-64(54)71)69-59-26-12-6-20-49(59)50-21-7-13-27-60(50)69;1-2/h1-41H;1-2H3. The Kier molecular flexibility index (Phi) is 9.02. The fourth-order valence-electron chi connectivity index (χ4n) is 12.3. The molecular weight excluding hydrogens is 887 g/mol. The van der Waals surface area contributed by atoms with E-state index < -0.39 is 0 Å². The number of hydrogen-bond donors (Lipinski definition) is 0. The summed E-state index contributed by atoms with van der Waals surface area (Å²) < 4.78 is 12.2. The summed E-state index contributed by atoms with van der Waals surface area (Å²) in [5.41, 5.74) is 17.6. The molecule has 0 N–H and O–H groups in total. The molecule has 0 bridgehead atoms. The molecule has 0 aliphatic heterocycles. The molecule has 5 aromatic heterocycles. The van der Waals surface area contributed by atoms with Crippen LogP contribution in [0.5, 0.6) is 0 Å². The van der Waals surface area contributed by atoms with Gasteiger partial charge in [-0.05, 0) is 121 Å². The van der Waals surface area contributed by atoms with E-state index in [0.29, 0.717) is 0 Å². The average Bonchev–Trinajstić information content (AvgIpc) is 4.26. The first-order valence-corrected chi connectivity index (χ1v) is 25.4. The van der Waals surface area contributed by atoms with E-state index in [-0.39, 0.29) is 0 Å². The van der Waals surface area contributed by atoms with E-state index in [9.17, 15) is 0 Å². The molecule has 16 aromatic rings. The van der Waals surface area contributed by atoms with Gasteiger partial charge < -0.3 is 22.8 Å². The van der Waals surface area contributed by atoms with Crippen molar-refractivity contribution in [3.8, 4) is 28.4 Å². The van der Waals surface area contributed by atoms with Crippen molar-refractivity contribution in [3.05, 3.63) is 249 Å². The second-order valence-corrected chi connectivity index (χ2v) is 18.9. The second kappa shape index (κ2) is 16.0. The van der Waals surface area contributed by atoms with Crippen LogP contribution in [0.2, 0.25) is 0 Å². The van der Waals surface area contributed by atoms with Crippen molar-refractivity contribution in [2.24, 2.45) is 0 Å². The Morgan fingerprint density at radius 1 is 0.164 bits per heavy atom. The predicted molar refractivity (Wildman–Crippen MR) is 309 cm³/mol. The first kappa shape index (κ1) is 41.2. The lowest BCUT2D eigenvalue weighted by Crippen LogP contribution is -1.97. The van der Waals surface area contributed by atoms with Gasteiger partial charge in [-0.2, -0.15) is 0 Å². The zero-order chi connectivity index (χ0) is 48.3. The Labute approximate surface area is 420 Å². The Hall–Kier alpha value is -9.58. The van der Waals surface area contributed by atoms with Crippen LogP contribution in [0.4, 0.5) is 0 Å². The number of nitrogens with zero attached hydrogens (tertiary/aromatic N) is 5. The van der Waals surface area contributed by atoms with E-state index in [0.717, 1.165) is 28.4 Å². The SMILES string of the molecule is CC.c1ccc(-n2c3ccc(-n4c5ccccc5c5cc(-n6c7ccccc7c7ccccc76)ccc54)cc3c3cc(-n4c5ccccc5c5cc(-n6c7ccccc7c7ccccc76)ccc54)ccc32)cc1. The lowest BCUT2D eigenvalue weighted by Gasteiger charge is -2.11. The Balaban J connectivity index is 0.00000234. The zero-order valence-electron chi connectivity index (χ0n) is 40.4. The van der Waals surface area contributed by atoms with Gasteiger partial charge in [-0.1, -0.05) is 141 Å². The van der Waals surface area contributed by atoms with Crippen LogP contribution in [0.1, 0.15) is 13.8 Å². The van der Waals surface area contributed by atoms with E-state index in [2.05, 4.69) is 272 Å². The summed E-state index contributed by atoms with van der Waals surface area (Å²) in [6.45, 7) is 4.00. The van der Waals surface area contributed by atoms with Crippen LogP contribution >= 0.6 is 0 Å². The van der Waals surface area contributed by atoms with Crippen LogP contribution in [0.15, 0.2) is 249 Å². The number of fused-ring (bicyclic) bond motifs is 15. The fourth-order valence-corrected chi connectivity index (χ4v) is 12.3. The van der Waals surface area contributed by atoms with E-state index >= 15 is 0 Å². The molecule has 0 aliphatic carbocycles. The number of hydrogen-bond acceptors (Lipinski definition) is 0. The first-order chi connectivity index (χ1) is 36.2. The molecule has 0 unspecified atom stereocenters. The minimum Gasteiger partial charge on any atom is -0.309 e. The highest BCUT2D eigenvalue weighted by Crippen LogP contribution is 2.42. The van der Waals surface area contributed by atoms with Crippen molar-refractivity contribution < 1.29 is 0 Å². The van der Waals surface area contributed by atoms with Gasteiger partial charge in [0.15, 0.2) is 0 Å². The Bertz CT molecular complexity index is 4480. The number of aromatic nitrogens is 5. The molecule has 0 fully saturated rings. The largest absolute Gasteiger partial charge is 0.309 e. The van der Waals surface area contributed by atoms with Crippen LogP contribution in [0.25, 0.3) is 137 Å². The first-order valence-electron chi connectivity index (χ1n) is 25.4. The third kappa shape index (κ3) is 5.91. The maximum absolute atomic E-state index is 2.46. The maximum atomic E-state index is 2.46. The average molecular weight is 934 g/mol. The van der Waals surface area contributed by atoms with E-state index in [1.165, 1.54) is 109 Å². The summed E-state index contributed by atoms with van der Waals surface area (Å²) in [5, 5.41) is 12.4. The molecule has 0 aliphatic rings. The van der Waals surface area contributed by atoms with Gasteiger partial charge in [0.05, 0.1) is 55.2 Å². The lowest BCUT2D eigenvalue weighted by atomic mass is 10.1. The third-order valence-electron chi connectivity index (χ3n) is 15.3. The van der Waals surface area contributed by atoms with Crippen LogP contribution in [0.3, 0.4) is 0 Å². The molecule has 11 aromatic carbocycles. The Morgan fingerprint density at radius 3 is 0.630 bits per heavy atom. The van der Waals surface area contributed by atoms with Crippen molar-refractivity contribution >= 4 is 109 Å². The van der Waals surface area contributed by atoms with Crippen molar-refractivity contribution in [2.45, 2.75) is 13.8 Å². The highest BCUT2D eigenvalue weighted by Gasteiger charge is 2.21. The van der Waals surface area contributed by atoms with E-state index in [1.807, 2.05) is 13.8 Å². The van der Waals surface area contributed by atoms with E-state index in [4.69, 9.17) is 0 Å². The minimum absolute atomic E-state index is 1.13. The molecule has 0 amide bonds. The summed E-state index contributed by atoms with van der Waals surface area (Å²) in [6.07, 6.45) is 0. The quantitative estimate of drug-likeness (QED) is 0.164. The molecule has 73 heavy (non-hydrogen) atoms. The lowest BCUT2D eigenvalue weighted by molar-refractivity contribution is 1.15. The zero-order valence-corrected chi connectivity index (χ0v) is 40.4. The van der Waals surface area contributed by atoms with Gasteiger partial charge in [-0.3, -0.25) is 0 Å². The summed E-state index contributed by atoms with van der Waals surface area (Å²) >= 11 is 0. The molecule has 16 rings (SSSR count). The fraction of sp³-hybridized carbons (Fsp3) is 0.0294. The molecule has 0 saturated heterocycles. The number of benzene rings is 11. The van der Waals surface area contributed by atoms with Crippen molar-refractivity contribution in [1.29, 1.82) is 0 Å². The molecule has 5 nitrogen and oxygen atoms in total. The van der Waals surface area contributed by atoms with Crippen molar-refractivity contribution in [1.82, 2.24) is 22.8 Å². The summed E-state index contributed by atoms with van der Waals surface area (Å²) in [5.74, 6) is 0. The van der Waals surface area contributed by atoms with E-state index in [1.54, 1.807) is 0 Å². The van der Waals surface area contributed by atoms with Gasteiger partial charge in [0, 0.05) is 82.3 Å².